The van der Waals surface area contributed by atoms with Crippen LogP contribution in [0.1, 0.15) is 18.4 Å². The summed E-state index contributed by atoms with van der Waals surface area (Å²) in [4.78, 5) is 8.25. The van der Waals surface area contributed by atoms with Gasteiger partial charge in [0.05, 0.1) is 40.6 Å². The first-order valence-corrected chi connectivity index (χ1v) is 11.8. The van der Waals surface area contributed by atoms with Gasteiger partial charge in [0, 0.05) is 17.0 Å². The second-order valence-electron chi connectivity index (χ2n) is 9.00. The van der Waals surface area contributed by atoms with Crippen LogP contribution >= 0.6 is 11.6 Å². The van der Waals surface area contributed by atoms with E-state index in [9.17, 15) is 5.11 Å². The molecule has 3 heterocycles. The van der Waals surface area contributed by atoms with E-state index in [1.165, 1.54) is 5.56 Å². The van der Waals surface area contributed by atoms with Gasteiger partial charge in [-0.2, -0.15) is 0 Å². The Bertz CT molecular complexity index is 1300. The lowest BCUT2D eigenvalue weighted by Crippen LogP contribution is -2.30. The Kier molecular flexibility index (Phi) is 5.13. The molecular weight excluding hydrogens is 436 g/mol. The van der Waals surface area contributed by atoms with E-state index in [0.717, 1.165) is 46.3 Å². The van der Waals surface area contributed by atoms with Crippen molar-refractivity contribution in [1.29, 1.82) is 0 Å². The lowest BCUT2D eigenvalue weighted by atomic mass is 10.0. The van der Waals surface area contributed by atoms with Gasteiger partial charge in [-0.05, 0) is 37.0 Å². The van der Waals surface area contributed by atoms with Crippen LogP contribution in [0.2, 0.25) is 5.02 Å². The number of nitrogens with one attached hydrogen (secondary N) is 1. The fraction of sp³-hybridized carbons (Fsp3) is 0.296. The van der Waals surface area contributed by atoms with Gasteiger partial charge in [0.2, 0.25) is 0 Å². The van der Waals surface area contributed by atoms with Gasteiger partial charge < -0.3 is 19.6 Å². The molecule has 168 valence electrons. The summed E-state index contributed by atoms with van der Waals surface area (Å²) in [6.45, 7) is 2.40. The monoisotopic (exact) mass is 460 g/mol. The number of hydrogen-bond acceptors (Lipinski definition) is 4. The van der Waals surface area contributed by atoms with Crippen LogP contribution < -0.4 is 4.74 Å². The molecule has 2 aliphatic rings. The van der Waals surface area contributed by atoms with Crippen LogP contribution in [0.3, 0.4) is 0 Å². The van der Waals surface area contributed by atoms with Crippen LogP contribution in [0.4, 0.5) is 0 Å². The van der Waals surface area contributed by atoms with E-state index < -0.39 is 0 Å². The van der Waals surface area contributed by atoms with E-state index in [1.54, 1.807) is 0 Å². The lowest BCUT2D eigenvalue weighted by molar-refractivity contribution is 0.0151. The number of aliphatic hydroxyl groups is 1. The summed E-state index contributed by atoms with van der Waals surface area (Å²) in [5.74, 6) is 0.860. The molecule has 5 nitrogen and oxygen atoms in total. The maximum atomic E-state index is 10.1. The van der Waals surface area contributed by atoms with Crippen molar-refractivity contribution in [2.45, 2.75) is 38.1 Å². The fourth-order valence-corrected chi connectivity index (χ4v) is 5.44. The number of hydrogen-bond donors (Lipinski definition) is 2. The highest BCUT2D eigenvalue weighted by Crippen LogP contribution is 2.40. The Balaban J connectivity index is 1.30. The van der Waals surface area contributed by atoms with Gasteiger partial charge in [-0.3, -0.25) is 0 Å². The molecular formula is C27H25ClN2O3. The Morgan fingerprint density at radius 3 is 2.55 bits per heavy atom. The topological polar surface area (TPSA) is 67.4 Å². The van der Waals surface area contributed by atoms with Gasteiger partial charge in [0.25, 0.3) is 0 Å². The predicted octanol–water partition coefficient (Wildman–Crippen LogP) is 5.78. The molecule has 1 saturated carbocycles. The Hall–Kier alpha value is -2.86. The molecule has 4 aromatic rings. The quantitative estimate of drug-likeness (QED) is 0.405. The van der Waals surface area contributed by atoms with E-state index in [0.29, 0.717) is 17.5 Å². The smallest absolute Gasteiger partial charge is 0.196 e. The molecule has 1 aliphatic heterocycles. The number of fused-ring (bicyclic) bond motifs is 2. The molecule has 0 radical (unpaired) electrons. The third-order valence-corrected chi connectivity index (χ3v) is 7.27. The SMILES string of the molecule is Cc1c(O[C@@H]2CC[C@H]3[C@@H]2OC[C@H]3O)[nH]c2cc(Cl)c(-c3ccc(-c4ccccc4)cc3)nc12. The van der Waals surface area contributed by atoms with E-state index in [2.05, 4.69) is 41.4 Å². The summed E-state index contributed by atoms with van der Waals surface area (Å²) >= 11 is 6.64. The standard InChI is InChI=1S/C27H25ClN2O3/c1-15-24-21(29-27(15)33-23-12-11-19-22(31)14-32-26(19)23)13-20(28)25(30-24)18-9-7-17(8-10-18)16-5-3-2-4-6-16/h2-10,13,19,22-23,26,29,31H,11-12,14H2,1H3/t19-,22-,23-,26+/m1/s1. The summed E-state index contributed by atoms with van der Waals surface area (Å²) in [6, 6.07) is 20.5. The molecule has 33 heavy (non-hydrogen) atoms. The van der Waals surface area contributed by atoms with E-state index in [4.69, 9.17) is 26.1 Å². The van der Waals surface area contributed by atoms with Crippen LogP contribution in [0.15, 0.2) is 60.7 Å². The summed E-state index contributed by atoms with van der Waals surface area (Å²) < 4.78 is 12.1. The van der Waals surface area contributed by atoms with Crippen molar-refractivity contribution in [2.24, 2.45) is 5.92 Å². The molecule has 0 amide bonds. The Morgan fingerprint density at radius 1 is 1.03 bits per heavy atom. The van der Waals surface area contributed by atoms with Gasteiger partial charge in [-0.25, -0.2) is 4.98 Å². The first-order chi connectivity index (χ1) is 16.1. The minimum absolute atomic E-state index is 0.0546. The number of aromatic nitrogens is 2. The van der Waals surface area contributed by atoms with Crippen molar-refractivity contribution in [3.05, 3.63) is 71.2 Å². The number of halogens is 1. The average Bonchev–Trinajstić information content (AvgIpc) is 3.50. The molecule has 1 saturated heterocycles. The zero-order valence-electron chi connectivity index (χ0n) is 18.3. The van der Waals surface area contributed by atoms with Crippen molar-refractivity contribution >= 4 is 22.6 Å². The Morgan fingerprint density at radius 2 is 1.76 bits per heavy atom. The summed E-state index contributed by atoms with van der Waals surface area (Å²) in [6.07, 6.45) is 1.28. The molecule has 4 atom stereocenters. The zero-order chi connectivity index (χ0) is 22.5. The maximum Gasteiger partial charge on any atom is 0.196 e. The molecule has 2 aromatic heterocycles. The predicted molar refractivity (Wildman–Crippen MR) is 130 cm³/mol. The molecule has 0 spiro atoms. The minimum atomic E-state index is -0.385. The highest BCUT2D eigenvalue weighted by molar-refractivity contribution is 6.33. The normalized spacial score (nSPS) is 24.3. The number of H-pyrrole nitrogens is 1. The fourth-order valence-electron chi connectivity index (χ4n) is 5.18. The van der Waals surface area contributed by atoms with Crippen molar-refractivity contribution in [3.8, 4) is 28.3 Å². The molecule has 2 fully saturated rings. The maximum absolute atomic E-state index is 10.1. The number of aryl methyl sites for hydroxylation is 1. The van der Waals surface area contributed by atoms with Gasteiger partial charge >= 0.3 is 0 Å². The molecule has 6 heteroatoms. The van der Waals surface area contributed by atoms with Crippen LogP contribution in [-0.2, 0) is 4.74 Å². The first-order valence-electron chi connectivity index (χ1n) is 11.4. The van der Waals surface area contributed by atoms with E-state index in [-0.39, 0.29) is 24.2 Å². The van der Waals surface area contributed by atoms with Gasteiger partial charge in [0.1, 0.15) is 6.10 Å². The van der Waals surface area contributed by atoms with Crippen molar-refractivity contribution < 1.29 is 14.6 Å². The number of ether oxygens (including phenoxy) is 2. The number of pyridine rings is 1. The third-order valence-electron chi connectivity index (χ3n) is 6.98. The molecule has 2 aromatic carbocycles. The van der Waals surface area contributed by atoms with Crippen LogP contribution in [0.5, 0.6) is 5.88 Å². The van der Waals surface area contributed by atoms with Crippen molar-refractivity contribution in [1.82, 2.24) is 9.97 Å². The Labute approximate surface area is 197 Å². The number of benzene rings is 2. The highest BCUT2D eigenvalue weighted by atomic mass is 35.5. The van der Waals surface area contributed by atoms with Crippen molar-refractivity contribution in [2.75, 3.05) is 6.61 Å². The second kappa shape index (κ2) is 8.17. The largest absolute Gasteiger partial charge is 0.473 e. The molecule has 0 unspecified atom stereocenters. The number of aromatic amines is 1. The van der Waals surface area contributed by atoms with Crippen LogP contribution in [0, 0.1) is 12.8 Å². The highest BCUT2D eigenvalue weighted by Gasteiger charge is 2.47. The number of aliphatic hydroxyl groups excluding tert-OH is 1. The molecule has 1 aliphatic carbocycles. The lowest BCUT2D eigenvalue weighted by Gasteiger charge is -2.19. The second-order valence-corrected chi connectivity index (χ2v) is 9.41. The van der Waals surface area contributed by atoms with Gasteiger partial charge in [-0.1, -0.05) is 66.2 Å². The van der Waals surface area contributed by atoms with Gasteiger partial charge in [-0.15, -0.1) is 0 Å². The van der Waals surface area contributed by atoms with Gasteiger partial charge in [0.15, 0.2) is 5.88 Å². The zero-order valence-corrected chi connectivity index (χ0v) is 19.0. The van der Waals surface area contributed by atoms with E-state index in [1.807, 2.05) is 31.2 Å². The summed E-state index contributed by atoms with van der Waals surface area (Å²) in [7, 11) is 0. The summed E-state index contributed by atoms with van der Waals surface area (Å²) in [5, 5.41) is 10.7. The third kappa shape index (κ3) is 3.61. The summed E-state index contributed by atoms with van der Waals surface area (Å²) in [5.41, 5.74) is 6.69. The molecule has 0 bridgehead atoms. The van der Waals surface area contributed by atoms with Crippen LogP contribution in [-0.4, -0.2) is 40.0 Å². The molecule has 2 N–H and O–H groups in total. The molecule has 6 rings (SSSR count). The van der Waals surface area contributed by atoms with Crippen LogP contribution in [0.25, 0.3) is 33.4 Å². The van der Waals surface area contributed by atoms with Crippen molar-refractivity contribution in [3.63, 3.8) is 0 Å². The first kappa shape index (κ1) is 20.7. The number of nitrogens with zero attached hydrogens (tertiary/aromatic N) is 1. The minimum Gasteiger partial charge on any atom is -0.473 e. The average molecular weight is 461 g/mol. The number of rotatable bonds is 4. The van der Waals surface area contributed by atoms with E-state index >= 15 is 0 Å².